The number of sulfone groups is 1. The number of hydrogen-bond donors (Lipinski definition) is 1. The summed E-state index contributed by atoms with van der Waals surface area (Å²) in [4.78, 5) is 13.4. The first-order valence-corrected chi connectivity index (χ1v) is 11.8. The molecule has 29 heavy (non-hydrogen) atoms. The van der Waals surface area contributed by atoms with Crippen molar-refractivity contribution in [3.05, 3.63) is 54.2 Å². The molecule has 1 amide bonds. The van der Waals surface area contributed by atoms with Crippen molar-refractivity contribution in [3.8, 4) is 0 Å². The van der Waals surface area contributed by atoms with Gasteiger partial charge >= 0.3 is 0 Å². The van der Waals surface area contributed by atoms with Gasteiger partial charge in [0.15, 0.2) is 9.84 Å². The number of anilines is 1. The Hall–Kier alpha value is -2.67. The van der Waals surface area contributed by atoms with Crippen LogP contribution in [0.3, 0.4) is 0 Å². The van der Waals surface area contributed by atoms with E-state index in [1.807, 2.05) is 28.9 Å². The number of nitrogens with one attached hydrogen (secondary N) is 1. The van der Waals surface area contributed by atoms with Gasteiger partial charge in [0.25, 0.3) is 5.91 Å². The molecule has 1 heterocycles. The number of carbonyl (C=O) groups excluding carboxylic acids is 1. The van der Waals surface area contributed by atoms with Crippen LogP contribution in [0.2, 0.25) is 0 Å². The Bertz CT molecular complexity index is 1220. The fourth-order valence-electron chi connectivity index (χ4n) is 5.04. The molecule has 3 fully saturated rings. The number of nitrogens with zero attached hydrogens (tertiary/aromatic N) is 2. The number of hydrogen-bond acceptors (Lipinski definition) is 4. The fraction of sp³-hybridized carbons (Fsp3) is 0.364. The zero-order valence-corrected chi connectivity index (χ0v) is 17.1. The Morgan fingerprint density at radius 2 is 2.00 bits per heavy atom. The lowest BCUT2D eigenvalue weighted by Crippen LogP contribution is -2.34. The van der Waals surface area contributed by atoms with Crippen molar-refractivity contribution >= 4 is 32.3 Å². The molecular weight excluding hydrogens is 386 g/mol. The van der Waals surface area contributed by atoms with E-state index in [0.717, 1.165) is 29.6 Å². The third-order valence-electron chi connectivity index (χ3n) is 6.39. The van der Waals surface area contributed by atoms with Crippen LogP contribution >= 0.6 is 0 Å². The number of carbonyl (C=O) groups is 1. The second kappa shape index (κ2) is 6.42. The zero-order chi connectivity index (χ0) is 20.2. The average Bonchev–Trinajstić information content (AvgIpc) is 3.33. The van der Waals surface area contributed by atoms with Crippen molar-refractivity contribution in [1.82, 2.24) is 9.78 Å². The summed E-state index contributed by atoms with van der Waals surface area (Å²) in [5, 5.41) is 8.42. The highest BCUT2D eigenvalue weighted by molar-refractivity contribution is 7.90. The maximum absolute atomic E-state index is 13.2. The van der Waals surface area contributed by atoms with Gasteiger partial charge in [-0.3, -0.25) is 9.48 Å². The van der Waals surface area contributed by atoms with Crippen molar-refractivity contribution in [2.45, 2.75) is 37.1 Å². The summed E-state index contributed by atoms with van der Waals surface area (Å²) in [5.41, 5.74) is 2.07. The Kier molecular flexibility index (Phi) is 4.07. The summed E-state index contributed by atoms with van der Waals surface area (Å²) in [7, 11) is -3.35. The van der Waals surface area contributed by atoms with Crippen LogP contribution in [0.5, 0.6) is 0 Å². The Balaban J connectivity index is 1.50. The van der Waals surface area contributed by atoms with Gasteiger partial charge < -0.3 is 5.32 Å². The summed E-state index contributed by atoms with van der Waals surface area (Å²) >= 11 is 0. The minimum absolute atomic E-state index is 0.180. The molecule has 2 bridgehead atoms. The first kappa shape index (κ1) is 18.4. The van der Waals surface area contributed by atoms with Crippen LogP contribution in [0.25, 0.3) is 10.9 Å². The van der Waals surface area contributed by atoms with Crippen LogP contribution in [-0.4, -0.2) is 30.4 Å². The predicted molar refractivity (Wildman–Crippen MR) is 112 cm³/mol. The van der Waals surface area contributed by atoms with E-state index in [1.165, 1.54) is 37.8 Å². The summed E-state index contributed by atoms with van der Waals surface area (Å²) in [6.45, 7) is 0.754. The van der Waals surface area contributed by atoms with Crippen LogP contribution in [0.4, 0.5) is 5.69 Å². The molecule has 0 aliphatic heterocycles. The van der Waals surface area contributed by atoms with Crippen LogP contribution in [0.1, 0.15) is 36.2 Å². The summed E-state index contributed by atoms with van der Waals surface area (Å²) in [5.74, 6) is 0.575. The van der Waals surface area contributed by atoms with Gasteiger partial charge in [-0.1, -0.05) is 24.3 Å². The van der Waals surface area contributed by atoms with Crippen LogP contribution < -0.4 is 5.32 Å². The summed E-state index contributed by atoms with van der Waals surface area (Å²) in [6, 6.07) is 14.0. The molecule has 7 heteroatoms. The SMILES string of the molecule is CS(=O)(=O)c1cccc(NC(=O)c2c3ccccc3nn2CC23CCC(C2)C3)c1. The van der Waals surface area contributed by atoms with E-state index in [0.29, 0.717) is 11.4 Å². The van der Waals surface area contributed by atoms with Crippen molar-refractivity contribution in [1.29, 1.82) is 0 Å². The fourth-order valence-corrected chi connectivity index (χ4v) is 5.71. The van der Waals surface area contributed by atoms with E-state index in [1.54, 1.807) is 12.1 Å². The highest BCUT2D eigenvalue weighted by atomic mass is 32.2. The largest absolute Gasteiger partial charge is 0.321 e. The zero-order valence-electron chi connectivity index (χ0n) is 16.3. The predicted octanol–water partition coefficient (Wildman–Crippen LogP) is 3.88. The third-order valence-corrected chi connectivity index (χ3v) is 7.50. The maximum atomic E-state index is 13.2. The molecule has 1 N–H and O–H groups in total. The van der Waals surface area contributed by atoms with Gasteiger partial charge in [0.2, 0.25) is 0 Å². The molecule has 3 aromatic rings. The van der Waals surface area contributed by atoms with Crippen LogP contribution in [-0.2, 0) is 16.4 Å². The van der Waals surface area contributed by atoms with E-state index in [-0.39, 0.29) is 16.2 Å². The van der Waals surface area contributed by atoms with Crippen molar-refractivity contribution in [3.63, 3.8) is 0 Å². The van der Waals surface area contributed by atoms with Crippen LogP contribution in [0.15, 0.2) is 53.4 Å². The van der Waals surface area contributed by atoms with E-state index < -0.39 is 9.84 Å². The van der Waals surface area contributed by atoms with E-state index >= 15 is 0 Å². The lowest BCUT2D eigenvalue weighted by atomic mass is 9.70. The summed E-state index contributed by atoms with van der Waals surface area (Å²) < 4.78 is 25.5. The first-order chi connectivity index (χ1) is 13.8. The standard InChI is InChI=1S/C22H23N3O3S/c1-29(27,28)17-6-4-5-16(11-17)23-21(26)20-18-7-2-3-8-19(18)24-25(20)14-22-10-9-15(12-22)13-22/h2-8,11,15H,9-10,12-14H2,1H3,(H,23,26). The van der Waals surface area contributed by atoms with Gasteiger partial charge in [-0.2, -0.15) is 5.10 Å². The average molecular weight is 410 g/mol. The van der Waals surface area contributed by atoms with Gasteiger partial charge in [0.05, 0.1) is 10.4 Å². The third kappa shape index (κ3) is 3.23. The lowest BCUT2D eigenvalue weighted by molar-refractivity contribution is 0.0971. The normalized spacial score (nSPS) is 23.1. The summed E-state index contributed by atoms with van der Waals surface area (Å²) in [6.07, 6.45) is 6.08. The molecule has 6 nitrogen and oxygen atoms in total. The molecule has 0 atom stereocenters. The minimum atomic E-state index is -3.35. The molecule has 150 valence electrons. The molecule has 0 unspecified atom stereocenters. The van der Waals surface area contributed by atoms with Gasteiger partial charge in [-0.25, -0.2) is 8.42 Å². The monoisotopic (exact) mass is 409 g/mol. The lowest BCUT2D eigenvalue weighted by Gasteiger charge is -2.38. The Morgan fingerprint density at radius 1 is 1.21 bits per heavy atom. The number of aromatic nitrogens is 2. The minimum Gasteiger partial charge on any atom is -0.321 e. The molecule has 3 aliphatic rings. The number of fused-ring (bicyclic) bond motifs is 2. The molecule has 0 radical (unpaired) electrons. The molecule has 3 saturated carbocycles. The molecule has 2 aromatic carbocycles. The van der Waals surface area contributed by atoms with Crippen molar-refractivity contribution in [2.75, 3.05) is 11.6 Å². The van der Waals surface area contributed by atoms with Gasteiger partial charge in [0, 0.05) is 23.9 Å². The Labute approximate surface area is 169 Å². The van der Waals surface area contributed by atoms with Crippen molar-refractivity contribution in [2.24, 2.45) is 11.3 Å². The van der Waals surface area contributed by atoms with Gasteiger partial charge in [0.1, 0.15) is 5.69 Å². The molecular formula is C22H23N3O3S. The molecule has 6 rings (SSSR count). The van der Waals surface area contributed by atoms with Crippen LogP contribution in [0, 0.1) is 11.3 Å². The molecule has 0 spiro atoms. The highest BCUT2D eigenvalue weighted by Crippen LogP contribution is 2.59. The second-order valence-electron chi connectivity index (χ2n) is 8.59. The van der Waals surface area contributed by atoms with Gasteiger partial charge in [-0.15, -0.1) is 0 Å². The van der Waals surface area contributed by atoms with E-state index in [4.69, 9.17) is 5.10 Å². The number of benzene rings is 2. The van der Waals surface area contributed by atoms with E-state index in [9.17, 15) is 13.2 Å². The number of rotatable bonds is 5. The first-order valence-electron chi connectivity index (χ1n) is 9.90. The number of amides is 1. The quantitative estimate of drug-likeness (QED) is 0.693. The highest BCUT2D eigenvalue weighted by Gasteiger charge is 2.50. The maximum Gasteiger partial charge on any atom is 0.274 e. The van der Waals surface area contributed by atoms with Crippen molar-refractivity contribution < 1.29 is 13.2 Å². The molecule has 1 aromatic heterocycles. The smallest absolute Gasteiger partial charge is 0.274 e. The second-order valence-corrected chi connectivity index (χ2v) is 10.6. The topological polar surface area (TPSA) is 81.1 Å². The Morgan fingerprint density at radius 3 is 2.72 bits per heavy atom. The molecule has 0 saturated heterocycles. The van der Waals surface area contributed by atoms with Gasteiger partial charge in [-0.05, 0) is 61.3 Å². The molecule has 3 aliphatic carbocycles. The van der Waals surface area contributed by atoms with E-state index in [2.05, 4.69) is 5.32 Å².